The summed E-state index contributed by atoms with van der Waals surface area (Å²) < 4.78 is 112. The molecule has 0 aliphatic heterocycles. The zero-order chi connectivity index (χ0) is 49.6. The highest BCUT2D eigenvalue weighted by atomic mass is 19.2. The van der Waals surface area contributed by atoms with E-state index in [2.05, 4.69) is 15.3 Å². The number of halogens is 6. The molecule has 1 N–H and O–H groups in total. The van der Waals surface area contributed by atoms with E-state index in [-0.39, 0.29) is 40.3 Å². The fourth-order valence-electron chi connectivity index (χ4n) is 7.41. The van der Waals surface area contributed by atoms with Gasteiger partial charge in [0.15, 0.2) is 11.6 Å². The topological polar surface area (TPSA) is 129 Å². The van der Waals surface area contributed by atoms with E-state index >= 15 is 17.6 Å². The number of methoxy groups -OCH3 is 4. The molecule has 1 amide bonds. The number of ether oxygens (including phenoxy) is 4. The number of pyridine rings is 2. The van der Waals surface area contributed by atoms with Gasteiger partial charge >= 0.3 is 11.9 Å². The van der Waals surface area contributed by atoms with Gasteiger partial charge in [-0.3, -0.25) is 19.7 Å². The van der Waals surface area contributed by atoms with Gasteiger partial charge in [-0.1, -0.05) is 39.8 Å². The number of esters is 2. The van der Waals surface area contributed by atoms with Crippen molar-refractivity contribution in [3.63, 3.8) is 0 Å². The number of rotatable bonds is 12. The van der Waals surface area contributed by atoms with Gasteiger partial charge in [-0.05, 0) is 85.3 Å². The molecule has 17 heteroatoms. The minimum absolute atomic E-state index is 0.0337. The number of aryl methyl sites for hydroxylation is 2. The number of carbonyl (C=O) groups excluding carboxylic acids is 3. The Labute approximate surface area is 383 Å². The summed E-state index contributed by atoms with van der Waals surface area (Å²) in [6.07, 6.45) is 3.16. The smallest absolute Gasteiger partial charge is 0.340 e. The van der Waals surface area contributed by atoms with Crippen molar-refractivity contribution < 1.29 is 59.7 Å². The van der Waals surface area contributed by atoms with E-state index in [0.29, 0.717) is 22.6 Å². The van der Waals surface area contributed by atoms with Crippen LogP contribution in [0.15, 0.2) is 73.1 Å². The third kappa shape index (κ3) is 10.0. The molecular weight excluding hydrogens is 883 g/mol. The Balaban J connectivity index is 0.000000252. The molecule has 352 valence electrons. The van der Waals surface area contributed by atoms with Crippen molar-refractivity contribution in [2.75, 3.05) is 38.7 Å². The van der Waals surface area contributed by atoms with Crippen LogP contribution in [0, 0.1) is 48.8 Å². The molecule has 2 heterocycles. The van der Waals surface area contributed by atoms with Crippen LogP contribution in [-0.2, 0) is 14.3 Å². The standard InChI is InChI=1S/C26H25F3N2O4.C24H23F3N2O3/c1-13(2)23-24(14(3)10-11-30-23)31(15(4)32)25-16(26(33)35-6)12-18(28)21(22(25)29)20-17(27)8-7-9-19(20)34-5;1-12(2)21-22(13(3)9-10-28-21)29-23-14(24(30)32-5)11-16(26)19(20(23)27)18-15(25)7-6-8-17(18)31-4/h7-13H,1-6H3;6-12,29H,1-5H3. The van der Waals surface area contributed by atoms with Gasteiger partial charge in [0.2, 0.25) is 5.91 Å². The second kappa shape index (κ2) is 21.3. The van der Waals surface area contributed by atoms with Crippen molar-refractivity contribution in [3.8, 4) is 33.8 Å². The van der Waals surface area contributed by atoms with Gasteiger partial charge in [0.25, 0.3) is 0 Å². The Morgan fingerprint density at radius 2 is 1.03 bits per heavy atom. The fourth-order valence-corrected chi connectivity index (χ4v) is 7.41. The molecule has 0 unspecified atom stereocenters. The van der Waals surface area contributed by atoms with Gasteiger partial charge < -0.3 is 24.3 Å². The molecule has 0 bridgehead atoms. The van der Waals surface area contributed by atoms with E-state index in [9.17, 15) is 23.2 Å². The highest BCUT2D eigenvalue weighted by Crippen LogP contribution is 2.45. The Kier molecular flexibility index (Phi) is 16.0. The molecule has 0 fully saturated rings. The molecule has 4 aromatic carbocycles. The predicted molar refractivity (Wildman–Crippen MR) is 242 cm³/mol. The summed E-state index contributed by atoms with van der Waals surface area (Å²) in [4.78, 5) is 47.6. The Morgan fingerprint density at radius 1 is 0.567 bits per heavy atom. The fraction of sp³-hybridized carbons (Fsp3) is 0.260. The Morgan fingerprint density at radius 3 is 1.51 bits per heavy atom. The molecule has 2 aromatic heterocycles. The lowest BCUT2D eigenvalue weighted by molar-refractivity contribution is -0.115. The molecular formula is C50H48F6N4O7. The van der Waals surface area contributed by atoms with E-state index in [0.717, 1.165) is 48.9 Å². The average Bonchev–Trinajstić information content (AvgIpc) is 3.29. The first-order valence-corrected chi connectivity index (χ1v) is 20.6. The molecule has 6 aromatic rings. The largest absolute Gasteiger partial charge is 0.496 e. The van der Waals surface area contributed by atoms with Crippen LogP contribution >= 0.6 is 0 Å². The van der Waals surface area contributed by atoms with Crippen molar-refractivity contribution in [1.82, 2.24) is 9.97 Å². The van der Waals surface area contributed by atoms with Crippen molar-refractivity contribution >= 4 is 40.6 Å². The molecule has 11 nitrogen and oxygen atoms in total. The number of hydrogen-bond donors (Lipinski definition) is 1. The van der Waals surface area contributed by atoms with E-state index in [4.69, 9.17) is 18.9 Å². The SMILES string of the molecule is COC(=O)c1cc(F)c(-c2c(F)cccc2OC)c(F)c1N(C(C)=O)c1c(C)ccnc1C(C)C.COC(=O)c1cc(F)c(-c2c(F)cccc2OC)c(F)c1Nc1c(C)ccnc1C(C)C. The monoisotopic (exact) mass is 930 g/mol. The van der Waals surface area contributed by atoms with Gasteiger partial charge in [-0.2, -0.15) is 0 Å². The first-order chi connectivity index (χ1) is 31.7. The van der Waals surface area contributed by atoms with Crippen LogP contribution < -0.4 is 19.7 Å². The van der Waals surface area contributed by atoms with Crippen LogP contribution in [0.1, 0.15) is 89.7 Å². The Hall–Kier alpha value is -7.43. The van der Waals surface area contributed by atoms with E-state index in [1.54, 1.807) is 38.4 Å². The zero-order valence-electron chi connectivity index (χ0n) is 38.6. The Bertz CT molecular complexity index is 2870. The number of carbonyl (C=O) groups is 3. The summed E-state index contributed by atoms with van der Waals surface area (Å²) in [5.41, 5.74) is -1.13. The molecule has 0 saturated carbocycles. The number of aromatic nitrogens is 2. The van der Waals surface area contributed by atoms with Crippen molar-refractivity contribution in [2.45, 2.75) is 60.3 Å². The van der Waals surface area contributed by atoms with Crippen molar-refractivity contribution in [3.05, 3.63) is 142 Å². The summed E-state index contributed by atoms with van der Waals surface area (Å²) in [6, 6.07) is 12.4. The van der Waals surface area contributed by atoms with Crippen LogP contribution in [0.3, 0.4) is 0 Å². The number of nitrogens with zero attached hydrogens (tertiary/aromatic N) is 3. The average molecular weight is 931 g/mol. The van der Waals surface area contributed by atoms with Gasteiger partial charge in [0.1, 0.15) is 40.5 Å². The number of nitrogens with one attached hydrogen (secondary N) is 1. The van der Waals surface area contributed by atoms with Crippen LogP contribution in [0.5, 0.6) is 11.5 Å². The van der Waals surface area contributed by atoms with Crippen LogP contribution in [0.25, 0.3) is 22.3 Å². The molecule has 0 saturated heterocycles. The van der Waals surface area contributed by atoms with E-state index in [1.807, 2.05) is 27.7 Å². The van der Waals surface area contributed by atoms with Gasteiger partial charge in [0, 0.05) is 19.3 Å². The molecule has 67 heavy (non-hydrogen) atoms. The summed E-state index contributed by atoms with van der Waals surface area (Å²) in [7, 11) is 4.64. The first-order valence-electron chi connectivity index (χ1n) is 20.6. The highest BCUT2D eigenvalue weighted by molar-refractivity contribution is 6.08. The van der Waals surface area contributed by atoms with Crippen LogP contribution in [-0.4, -0.2) is 56.3 Å². The van der Waals surface area contributed by atoms with E-state index < -0.39 is 86.3 Å². The summed E-state index contributed by atoms with van der Waals surface area (Å²) in [5.74, 6) is -9.80. The second-order valence-corrected chi connectivity index (χ2v) is 15.6. The molecule has 0 aliphatic rings. The lowest BCUT2D eigenvalue weighted by Crippen LogP contribution is -2.29. The molecule has 0 spiro atoms. The minimum atomic E-state index is -1.33. The van der Waals surface area contributed by atoms with Gasteiger partial charge in [-0.15, -0.1) is 0 Å². The van der Waals surface area contributed by atoms with Crippen molar-refractivity contribution in [2.24, 2.45) is 0 Å². The number of hydrogen-bond acceptors (Lipinski definition) is 10. The summed E-state index contributed by atoms with van der Waals surface area (Å²) in [6.45, 7) is 12.1. The maximum Gasteiger partial charge on any atom is 0.340 e. The third-order valence-corrected chi connectivity index (χ3v) is 10.6. The lowest BCUT2D eigenvalue weighted by atomic mass is 9.96. The zero-order valence-corrected chi connectivity index (χ0v) is 38.6. The third-order valence-electron chi connectivity index (χ3n) is 10.6. The predicted octanol–water partition coefficient (Wildman–Crippen LogP) is 12.2. The number of anilines is 4. The highest BCUT2D eigenvalue weighted by Gasteiger charge is 2.35. The molecule has 0 radical (unpaired) electrons. The van der Waals surface area contributed by atoms with Gasteiger partial charge in [0.05, 0.1) is 90.3 Å². The second-order valence-electron chi connectivity index (χ2n) is 15.6. The normalized spacial score (nSPS) is 10.9. The quantitative estimate of drug-likeness (QED) is 0.0935. The maximum atomic E-state index is 16.3. The summed E-state index contributed by atoms with van der Waals surface area (Å²) >= 11 is 0. The minimum Gasteiger partial charge on any atom is -0.496 e. The molecule has 0 atom stereocenters. The van der Waals surface area contributed by atoms with Crippen molar-refractivity contribution in [1.29, 1.82) is 0 Å². The van der Waals surface area contributed by atoms with Crippen LogP contribution in [0.4, 0.5) is 49.1 Å². The number of amides is 1. The van der Waals surface area contributed by atoms with Crippen LogP contribution in [0.2, 0.25) is 0 Å². The summed E-state index contributed by atoms with van der Waals surface area (Å²) in [5, 5.41) is 2.90. The van der Waals surface area contributed by atoms with Gasteiger partial charge in [-0.25, -0.2) is 35.9 Å². The lowest BCUT2D eigenvalue weighted by Gasteiger charge is -2.29. The molecule has 0 aliphatic carbocycles. The number of benzene rings is 4. The molecule has 6 rings (SSSR count). The first kappa shape index (κ1) is 50.6. The maximum absolute atomic E-state index is 16.3. The van der Waals surface area contributed by atoms with E-state index in [1.165, 1.54) is 45.4 Å².